The second kappa shape index (κ2) is 12.7. The monoisotopic (exact) mass is 590 g/mol. The second-order valence-corrected chi connectivity index (χ2v) is 10.7. The first kappa shape index (κ1) is 28.0. The van der Waals surface area contributed by atoms with E-state index in [1.807, 2.05) is 42.7 Å². The lowest BCUT2D eigenvalue weighted by Crippen LogP contribution is -2.16. The minimum absolute atomic E-state index is 0.0670. The molecular weight excluding hydrogens is 567 g/mol. The van der Waals surface area contributed by atoms with E-state index in [2.05, 4.69) is 15.5 Å². The number of hydrogen-bond acceptors (Lipinski definition) is 8. The summed E-state index contributed by atoms with van der Waals surface area (Å²) in [6.45, 7) is 4.70. The Morgan fingerprint density at radius 3 is 2.61 bits per heavy atom. The van der Waals surface area contributed by atoms with Crippen LogP contribution in [0, 0.1) is 6.92 Å². The Kier molecular flexibility index (Phi) is 9.32. The van der Waals surface area contributed by atoms with Gasteiger partial charge in [0.2, 0.25) is 5.91 Å². The minimum atomic E-state index is -0.539. The molecule has 2 aromatic heterocycles. The molecule has 0 radical (unpaired) electrons. The smallest absolute Gasteiger partial charge is 0.341 e. The summed E-state index contributed by atoms with van der Waals surface area (Å²) in [5.74, 6) is 0.424. The zero-order chi connectivity index (χ0) is 27.2. The Morgan fingerprint density at radius 2 is 1.89 bits per heavy atom. The lowest BCUT2D eigenvalue weighted by atomic mass is 10.0. The molecule has 2 heterocycles. The molecule has 1 N–H and O–H groups in total. The average molecular weight is 592 g/mol. The number of thiophene rings is 1. The first-order valence-electron chi connectivity index (χ1n) is 11.5. The van der Waals surface area contributed by atoms with Crippen LogP contribution in [0.1, 0.15) is 28.7 Å². The summed E-state index contributed by atoms with van der Waals surface area (Å²) in [7, 11) is 1.30. The first-order valence-corrected chi connectivity index (χ1v) is 14.1. The number of hydrogen-bond donors (Lipinski definition) is 1. The average Bonchev–Trinajstić information content (AvgIpc) is 3.51. The molecule has 198 valence electrons. The van der Waals surface area contributed by atoms with E-state index in [1.165, 1.54) is 30.2 Å². The Morgan fingerprint density at radius 1 is 1.13 bits per heavy atom. The van der Waals surface area contributed by atoms with Crippen LogP contribution in [-0.4, -0.2) is 39.5 Å². The van der Waals surface area contributed by atoms with Gasteiger partial charge in [-0.25, -0.2) is 4.79 Å². The maximum Gasteiger partial charge on any atom is 0.341 e. The highest BCUT2D eigenvalue weighted by Gasteiger charge is 2.23. The number of carbonyl (C=O) groups is 2. The number of aryl methyl sites for hydroxylation is 1. The van der Waals surface area contributed by atoms with Crippen LogP contribution in [0.3, 0.4) is 0 Å². The molecule has 0 fully saturated rings. The molecule has 0 aliphatic heterocycles. The van der Waals surface area contributed by atoms with Crippen molar-refractivity contribution >= 4 is 63.2 Å². The number of esters is 1. The van der Waals surface area contributed by atoms with Crippen LogP contribution in [0.25, 0.3) is 11.1 Å². The van der Waals surface area contributed by atoms with Crippen molar-refractivity contribution in [2.75, 3.05) is 18.2 Å². The molecule has 1 amide bonds. The van der Waals surface area contributed by atoms with E-state index in [-0.39, 0.29) is 18.3 Å². The van der Waals surface area contributed by atoms with Gasteiger partial charge in [0.05, 0.1) is 17.9 Å². The van der Waals surface area contributed by atoms with Crippen LogP contribution in [0.5, 0.6) is 5.75 Å². The topological polar surface area (TPSA) is 95.3 Å². The van der Waals surface area contributed by atoms with Gasteiger partial charge in [-0.15, -0.1) is 21.5 Å². The van der Waals surface area contributed by atoms with Crippen molar-refractivity contribution in [3.8, 4) is 16.9 Å². The van der Waals surface area contributed by atoms with Crippen molar-refractivity contribution in [1.29, 1.82) is 0 Å². The van der Waals surface area contributed by atoms with E-state index >= 15 is 0 Å². The number of rotatable bonds is 10. The van der Waals surface area contributed by atoms with Gasteiger partial charge in [-0.05, 0) is 49.2 Å². The summed E-state index contributed by atoms with van der Waals surface area (Å²) in [6, 6.07) is 12.7. The molecule has 4 aromatic rings. The number of ether oxygens (including phenoxy) is 2. The van der Waals surface area contributed by atoms with Gasteiger partial charge in [0.15, 0.2) is 11.0 Å². The van der Waals surface area contributed by atoms with Crippen molar-refractivity contribution in [3.63, 3.8) is 0 Å². The van der Waals surface area contributed by atoms with Crippen molar-refractivity contribution in [1.82, 2.24) is 14.8 Å². The van der Waals surface area contributed by atoms with E-state index < -0.39 is 5.97 Å². The van der Waals surface area contributed by atoms with Gasteiger partial charge >= 0.3 is 5.97 Å². The minimum Gasteiger partial charge on any atom is -0.484 e. The van der Waals surface area contributed by atoms with E-state index in [0.717, 1.165) is 11.1 Å². The van der Waals surface area contributed by atoms with Gasteiger partial charge in [-0.2, -0.15) is 0 Å². The number of anilines is 1. The van der Waals surface area contributed by atoms with Crippen LogP contribution >= 0.6 is 46.3 Å². The lowest BCUT2D eigenvalue weighted by molar-refractivity contribution is -0.113. The molecule has 8 nitrogen and oxygen atoms in total. The number of benzene rings is 2. The molecule has 0 aliphatic rings. The fraction of sp³-hybridized carbons (Fsp3) is 0.231. The maximum atomic E-state index is 12.8. The predicted octanol–water partition coefficient (Wildman–Crippen LogP) is 6.74. The number of methoxy groups -OCH3 is 1. The van der Waals surface area contributed by atoms with Gasteiger partial charge in [0, 0.05) is 22.5 Å². The molecule has 0 aliphatic carbocycles. The normalized spacial score (nSPS) is 10.9. The molecule has 0 saturated heterocycles. The Balaban J connectivity index is 1.43. The summed E-state index contributed by atoms with van der Waals surface area (Å²) in [5, 5.41) is 15.2. The largest absolute Gasteiger partial charge is 0.484 e. The Labute approximate surface area is 238 Å². The lowest BCUT2D eigenvalue weighted by Gasteiger charge is -2.10. The van der Waals surface area contributed by atoms with Crippen molar-refractivity contribution in [2.24, 2.45) is 0 Å². The van der Waals surface area contributed by atoms with Crippen LogP contribution in [0.15, 0.2) is 53.0 Å². The third-order valence-corrected chi connectivity index (χ3v) is 7.90. The number of halogens is 2. The molecule has 0 unspecified atom stereocenters. The molecule has 0 spiro atoms. The molecule has 2 aromatic carbocycles. The van der Waals surface area contributed by atoms with Gasteiger partial charge in [-0.1, -0.05) is 53.2 Å². The van der Waals surface area contributed by atoms with Crippen molar-refractivity contribution < 1.29 is 19.1 Å². The van der Waals surface area contributed by atoms with E-state index in [4.69, 9.17) is 32.7 Å². The van der Waals surface area contributed by atoms with Crippen molar-refractivity contribution in [2.45, 2.75) is 32.2 Å². The summed E-state index contributed by atoms with van der Waals surface area (Å²) >= 11 is 14.7. The van der Waals surface area contributed by atoms with E-state index in [0.29, 0.717) is 49.4 Å². The van der Waals surface area contributed by atoms with Crippen molar-refractivity contribution in [3.05, 3.63) is 74.8 Å². The fourth-order valence-corrected chi connectivity index (χ4v) is 5.70. The summed E-state index contributed by atoms with van der Waals surface area (Å²) in [5.41, 5.74) is 2.78. The van der Waals surface area contributed by atoms with Gasteiger partial charge in [0.1, 0.15) is 22.9 Å². The van der Waals surface area contributed by atoms with Crippen LogP contribution in [-0.2, 0) is 22.7 Å². The number of carbonyl (C=O) groups excluding carboxylic acids is 2. The molecule has 4 rings (SSSR count). The van der Waals surface area contributed by atoms with E-state index in [1.54, 1.807) is 23.6 Å². The van der Waals surface area contributed by atoms with Gasteiger partial charge in [0.25, 0.3) is 0 Å². The predicted molar refractivity (Wildman–Crippen MR) is 152 cm³/mol. The number of nitrogens with zero attached hydrogens (tertiary/aromatic N) is 3. The molecule has 0 bridgehead atoms. The third kappa shape index (κ3) is 6.50. The number of nitrogens with one attached hydrogen (secondary N) is 1. The highest BCUT2D eigenvalue weighted by atomic mass is 35.5. The first-order chi connectivity index (χ1) is 18.3. The van der Waals surface area contributed by atoms with Crippen LogP contribution < -0.4 is 10.1 Å². The van der Waals surface area contributed by atoms with E-state index in [9.17, 15) is 9.59 Å². The van der Waals surface area contributed by atoms with Gasteiger partial charge < -0.3 is 19.4 Å². The second-order valence-electron chi connectivity index (χ2n) is 8.05. The fourth-order valence-electron chi connectivity index (χ4n) is 3.60. The molecule has 0 atom stereocenters. The van der Waals surface area contributed by atoms with Crippen LogP contribution in [0.2, 0.25) is 10.0 Å². The molecule has 38 heavy (non-hydrogen) atoms. The zero-order valence-electron chi connectivity index (χ0n) is 20.8. The standard InChI is InChI=1S/C26H24Cl2N4O4S2/c1-4-32-21(12-36-20-11-15(2)5-10-19(20)28)30-31-26(32)38-14-22(33)29-24-23(25(34)35-3)18(13-37-24)16-6-8-17(27)9-7-16/h5-11,13H,4,12,14H2,1-3H3,(H,29,33). The summed E-state index contributed by atoms with van der Waals surface area (Å²) in [6.07, 6.45) is 0. The SMILES string of the molecule is CCn1c(COc2cc(C)ccc2Cl)nnc1SCC(=O)Nc1scc(-c2ccc(Cl)cc2)c1C(=O)OC. The highest BCUT2D eigenvalue weighted by Crippen LogP contribution is 2.37. The highest BCUT2D eigenvalue weighted by molar-refractivity contribution is 7.99. The van der Waals surface area contributed by atoms with Crippen LogP contribution in [0.4, 0.5) is 5.00 Å². The third-order valence-electron chi connectivity index (χ3n) is 5.47. The zero-order valence-corrected chi connectivity index (χ0v) is 23.9. The molecule has 0 saturated carbocycles. The maximum absolute atomic E-state index is 12.8. The quantitative estimate of drug-likeness (QED) is 0.161. The number of aromatic nitrogens is 3. The Bertz CT molecular complexity index is 1450. The number of amides is 1. The van der Waals surface area contributed by atoms with Gasteiger partial charge in [-0.3, -0.25) is 4.79 Å². The Hall–Kier alpha value is -3.05. The molecule has 12 heteroatoms. The molecular formula is C26H24Cl2N4O4S2. The summed E-state index contributed by atoms with van der Waals surface area (Å²) in [4.78, 5) is 25.4. The number of thioether (sulfide) groups is 1. The summed E-state index contributed by atoms with van der Waals surface area (Å²) < 4.78 is 12.7.